The quantitative estimate of drug-likeness (QED) is 0.545. The summed E-state index contributed by atoms with van der Waals surface area (Å²) in [6, 6.07) is 7.53. The maximum Gasteiger partial charge on any atom is 0.228 e. The van der Waals surface area contributed by atoms with Crippen LogP contribution in [0.3, 0.4) is 0 Å². The molecular weight excluding hydrogens is 464 g/mol. The van der Waals surface area contributed by atoms with E-state index in [4.69, 9.17) is 21.3 Å². The van der Waals surface area contributed by atoms with Gasteiger partial charge in [0, 0.05) is 48.2 Å². The monoisotopic (exact) mass is 492 g/mol. The van der Waals surface area contributed by atoms with Crippen LogP contribution in [0.2, 0.25) is 5.02 Å². The third kappa shape index (κ3) is 5.45. The lowest BCUT2D eigenvalue weighted by molar-refractivity contribution is -0.115. The normalized spacial score (nSPS) is 19.9. The molecule has 1 aromatic carbocycles. The van der Waals surface area contributed by atoms with Crippen molar-refractivity contribution in [1.29, 1.82) is 0 Å². The maximum atomic E-state index is 12.3. The second-order valence-corrected chi connectivity index (χ2v) is 9.79. The number of amides is 1. The van der Waals surface area contributed by atoms with Crippen molar-refractivity contribution in [3.8, 4) is 11.3 Å². The highest BCUT2D eigenvalue weighted by Crippen LogP contribution is 2.35. The van der Waals surface area contributed by atoms with Crippen LogP contribution in [0.15, 0.2) is 36.7 Å². The molecule has 5 rings (SSSR count). The van der Waals surface area contributed by atoms with Gasteiger partial charge in [-0.2, -0.15) is 0 Å². The highest BCUT2D eigenvalue weighted by molar-refractivity contribution is 6.31. The van der Waals surface area contributed by atoms with E-state index in [1.807, 2.05) is 19.2 Å². The van der Waals surface area contributed by atoms with Crippen LogP contribution in [0.1, 0.15) is 30.7 Å². The summed E-state index contributed by atoms with van der Waals surface area (Å²) in [4.78, 5) is 28.6. The number of carbonyl (C=O) groups is 1. The Bertz CT molecular complexity index is 1260. The van der Waals surface area contributed by atoms with Gasteiger partial charge in [0.25, 0.3) is 0 Å². The highest BCUT2D eigenvalue weighted by Gasteiger charge is 2.23. The molecule has 0 bridgehead atoms. The summed E-state index contributed by atoms with van der Waals surface area (Å²) >= 11 is 6.15. The molecular formula is C26H29ClN6O2. The average molecular weight is 493 g/mol. The van der Waals surface area contributed by atoms with Gasteiger partial charge in [-0.05, 0) is 57.0 Å². The summed E-state index contributed by atoms with van der Waals surface area (Å²) in [5.74, 6) is 0.338. The summed E-state index contributed by atoms with van der Waals surface area (Å²) in [5.41, 5.74) is 5.83. The number of pyridine rings is 1. The van der Waals surface area contributed by atoms with E-state index in [2.05, 4.69) is 45.4 Å². The van der Waals surface area contributed by atoms with Crippen molar-refractivity contribution in [3.05, 3.63) is 58.5 Å². The molecule has 3 aromatic rings. The second-order valence-electron chi connectivity index (χ2n) is 9.35. The molecule has 0 radical (unpaired) electrons. The summed E-state index contributed by atoms with van der Waals surface area (Å²) in [6.07, 6.45) is 5.25. The minimum absolute atomic E-state index is 0.117. The van der Waals surface area contributed by atoms with Crippen LogP contribution >= 0.6 is 11.6 Å². The first-order valence-electron chi connectivity index (χ1n) is 11.9. The number of anilines is 3. The molecule has 2 N–H and O–H groups in total. The Kier molecular flexibility index (Phi) is 6.69. The number of hydrogen-bond donors (Lipinski definition) is 2. The Labute approximate surface area is 210 Å². The molecule has 4 heterocycles. The van der Waals surface area contributed by atoms with Gasteiger partial charge in [0.15, 0.2) is 0 Å². The molecule has 2 atom stereocenters. The van der Waals surface area contributed by atoms with Gasteiger partial charge < -0.3 is 15.4 Å². The van der Waals surface area contributed by atoms with Crippen molar-refractivity contribution in [2.75, 3.05) is 30.3 Å². The molecule has 0 spiro atoms. The molecule has 2 aromatic heterocycles. The molecule has 1 fully saturated rings. The lowest BCUT2D eigenvalue weighted by atomic mass is 10.1. The number of nitrogens with one attached hydrogen (secondary N) is 2. The Hall–Kier alpha value is -3.07. The van der Waals surface area contributed by atoms with E-state index in [0.29, 0.717) is 22.4 Å². The lowest BCUT2D eigenvalue weighted by Gasteiger charge is -2.35. The highest BCUT2D eigenvalue weighted by atomic mass is 35.5. The summed E-state index contributed by atoms with van der Waals surface area (Å²) in [6.45, 7) is 9.05. The van der Waals surface area contributed by atoms with Gasteiger partial charge in [0.1, 0.15) is 0 Å². The standard InChI is InChI=1S/C26H29ClN6O2/c1-15-13-33(14-16(2)35-15)7-6-18-8-22(17(3)28-11-18)31-26-29-12-19-9-24(34)30-23-10-20(27)4-5-21(23)25(19)32-26/h4-5,8,10-12,15-16H,6-7,9,13-14H2,1-3H3,(H,30,34)(H,29,31,32)/t15-,16-/m1/s1. The summed E-state index contributed by atoms with van der Waals surface area (Å²) in [5, 5.41) is 6.80. The first-order valence-corrected chi connectivity index (χ1v) is 12.3. The molecule has 8 nitrogen and oxygen atoms in total. The van der Waals surface area contributed by atoms with Gasteiger partial charge in [-0.15, -0.1) is 0 Å². The minimum Gasteiger partial charge on any atom is -0.373 e. The van der Waals surface area contributed by atoms with Crippen molar-refractivity contribution in [1.82, 2.24) is 19.9 Å². The van der Waals surface area contributed by atoms with E-state index in [-0.39, 0.29) is 24.5 Å². The number of halogens is 1. The van der Waals surface area contributed by atoms with Crippen LogP contribution in [0.4, 0.5) is 17.3 Å². The zero-order valence-corrected chi connectivity index (χ0v) is 20.9. The van der Waals surface area contributed by atoms with Crippen molar-refractivity contribution in [2.24, 2.45) is 0 Å². The third-order valence-electron chi connectivity index (χ3n) is 6.33. The largest absolute Gasteiger partial charge is 0.373 e. The first-order chi connectivity index (χ1) is 16.8. The number of aromatic nitrogens is 3. The van der Waals surface area contributed by atoms with Gasteiger partial charge in [0.2, 0.25) is 11.9 Å². The van der Waals surface area contributed by atoms with E-state index in [0.717, 1.165) is 54.1 Å². The predicted molar refractivity (Wildman–Crippen MR) is 137 cm³/mol. The van der Waals surface area contributed by atoms with E-state index in [9.17, 15) is 4.79 Å². The van der Waals surface area contributed by atoms with E-state index < -0.39 is 0 Å². The molecule has 1 saturated heterocycles. The molecule has 35 heavy (non-hydrogen) atoms. The van der Waals surface area contributed by atoms with Crippen LogP contribution in [0.25, 0.3) is 11.3 Å². The summed E-state index contributed by atoms with van der Waals surface area (Å²) in [7, 11) is 0. The number of morpholine rings is 1. The number of benzene rings is 1. The van der Waals surface area contributed by atoms with Gasteiger partial charge in [-0.1, -0.05) is 11.6 Å². The average Bonchev–Trinajstić information content (AvgIpc) is 2.93. The number of fused-ring (bicyclic) bond motifs is 3. The number of rotatable bonds is 5. The Morgan fingerprint density at radius 3 is 2.77 bits per heavy atom. The van der Waals surface area contributed by atoms with Crippen molar-refractivity contribution in [2.45, 2.75) is 45.8 Å². The third-order valence-corrected chi connectivity index (χ3v) is 6.56. The number of aryl methyl sites for hydroxylation is 1. The van der Waals surface area contributed by atoms with Crippen LogP contribution in [0.5, 0.6) is 0 Å². The van der Waals surface area contributed by atoms with Crippen molar-refractivity contribution in [3.63, 3.8) is 0 Å². The number of ether oxygens (including phenoxy) is 1. The molecule has 2 aliphatic rings. The number of nitrogens with zero attached hydrogens (tertiary/aromatic N) is 4. The van der Waals surface area contributed by atoms with Crippen LogP contribution < -0.4 is 10.6 Å². The minimum atomic E-state index is -0.117. The van der Waals surface area contributed by atoms with Crippen LogP contribution in [-0.2, 0) is 22.4 Å². The van der Waals surface area contributed by atoms with Crippen LogP contribution in [0, 0.1) is 6.92 Å². The fourth-order valence-corrected chi connectivity index (χ4v) is 4.91. The summed E-state index contributed by atoms with van der Waals surface area (Å²) < 4.78 is 5.84. The zero-order valence-electron chi connectivity index (χ0n) is 20.1. The zero-order chi connectivity index (χ0) is 24.5. The lowest BCUT2D eigenvalue weighted by Crippen LogP contribution is -2.46. The molecule has 0 aliphatic carbocycles. The molecule has 2 aliphatic heterocycles. The van der Waals surface area contributed by atoms with Crippen molar-refractivity contribution < 1.29 is 9.53 Å². The van der Waals surface area contributed by atoms with Gasteiger partial charge in [-0.3, -0.25) is 14.7 Å². The first kappa shape index (κ1) is 23.7. The molecule has 0 unspecified atom stereocenters. The molecule has 1 amide bonds. The Morgan fingerprint density at radius 2 is 1.97 bits per heavy atom. The van der Waals surface area contributed by atoms with E-state index >= 15 is 0 Å². The SMILES string of the molecule is Cc1ncc(CCN2C[C@@H](C)O[C@H](C)C2)cc1Nc1ncc2c(n1)-c1ccc(Cl)cc1NC(=O)C2. The van der Waals surface area contributed by atoms with Gasteiger partial charge >= 0.3 is 0 Å². The molecule has 9 heteroatoms. The van der Waals surface area contributed by atoms with E-state index in [1.165, 1.54) is 0 Å². The van der Waals surface area contributed by atoms with Gasteiger partial charge in [-0.25, -0.2) is 9.97 Å². The Morgan fingerprint density at radius 1 is 1.17 bits per heavy atom. The number of hydrogen-bond acceptors (Lipinski definition) is 7. The smallest absolute Gasteiger partial charge is 0.228 e. The topological polar surface area (TPSA) is 92.3 Å². The maximum absolute atomic E-state index is 12.3. The fourth-order valence-electron chi connectivity index (χ4n) is 4.74. The molecule has 182 valence electrons. The fraction of sp³-hybridized carbons (Fsp3) is 0.385. The molecule has 0 saturated carbocycles. The number of carbonyl (C=O) groups excluding carboxylic acids is 1. The second kappa shape index (κ2) is 9.89. The van der Waals surface area contributed by atoms with Crippen molar-refractivity contribution >= 4 is 34.8 Å². The van der Waals surface area contributed by atoms with Gasteiger partial charge in [0.05, 0.1) is 41.4 Å². The van der Waals surface area contributed by atoms with E-state index in [1.54, 1.807) is 18.3 Å². The predicted octanol–water partition coefficient (Wildman–Crippen LogP) is 4.39. The van der Waals surface area contributed by atoms with Crippen LogP contribution in [-0.4, -0.2) is 57.6 Å². The Balaban J connectivity index is 1.36.